The number of nitrogens with one attached hydrogen (secondary N) is 1. The lowest BCUT2D eigenvalue weighted by Gasteiger charge is -2.21. The fourth-order valence-corrected chi connectivity index (χ4v) is 2.56. The van der Waals surface area contributed by atoms with Gasteiger partial charge in [0.1, 0.15) is 0 Å². The molecule has 0 saturated carbocycles. The Morgan fingerprint density at radius 1 is 1.35 bits per heavy atom. The van der Waals surface area contributed by atoms with Crippen molar-refractivity contribution in [3.8, 4) is 5.75 Å². The van der Waals surface area contributed by atoms with Crippen molar-refractivity contribution in [2.75, 3.05) is 19.7 Å². The lowest BCUT2D eigenvalue weighted by molar-refractivity contribution is -0.133. The zero-order valence-electron chi connectivity index (χ0n) is 13.0. The first-order valence-corrected chi connectivity index (χ1v) is 7.57. The van der Waals surface area contributed by atoms with Crippen LogP contribution in [0.5, 0.6) is 5.75 Å². The fraction of sp³-hybridized carbons (Fsp3) is 0.500. The zero-order valence-corrected chi connectivity index (χ0v) is 13.0. The van der Waals surface area contributed by atoms with Crippen molar-refractivity contribution in [2.24, 2.45) is 0 Å². The van der Waals surface area contributed by atoms with Gasteiger partial charge in [-0.05, 0) is 25.0 Å². The molecule has 7 heteroatoms. The SMILES string of the molecule is CC(=O)N[C@H]1CCN(C(=O)COc2ccccc2F)CC[C@@H]1O. The second kappa shape index (κ2) is 7.92. The van der Waals surface area contributed by atoms with Crippen molar-refractivity contribution >= 4 is 11.8 Å². The number of ether oxygens (including phenoxy) is 1. The van der Waals surface area contributed by atoms with Gasteiger partial charge in [0, 0.05) is 20.0 Å². The largest absolute Gasteiger partial charge is 0.481 e. The van der Waals surface area contributed by atoms with Gasteiger partial charge in [0.2, 0.25) is 5.91 Å². The smallest absolute Gasteiger partial charge is 0.260 e. The normalized spacial score (nSPS) is 21.4. The molecule has 1 aromatic carbocycles. The number of aliphatic hydroxyl groups is 1. The lowest BCUT2D eigenvalue weighted by Crippen LogP contribution is -2.42. The van der Waals surface area contributed by atoms with E-state index in [1.54, 1.807) is 17.0 Å². The Hall–Kier alpha value is -2.15. The molecule has 0 bridgehead atoms. The molecular formula is C16H21FN2O4. The molecule has 2 N–H and O–H groups in total. The van der Waals surface area contributed by atoms with Crippen molar-refractivity contribution < 1.29 is 23.8 Å². The molecule has 1 aliphatic rings. The van der Waals surface area contributed by atoms with Crippen LogP contribution in [0.4, 0.5) is 4.39 Å². The van der Waals surface area contributed by atoms with Gasteiger partial charge in [-0.15, -0.1) is 0 Å². The van der Waals surface area contributed by atoms with Crippen molar-refractivity contribution in [1.29, 1.82) is 0 Å². The number of benzene rings is 1. The summed E-state index contributed by atoms with van der Waals surface area (Å²) in [7, 11) is 0. The van der Waals surface area contributed by atoms with Crippen molar-refractivity contribution in [2.45, 2.75) is 31.9 Å². The van der Waals surface area contributed by atoms with E-state index in [2.05, 4.69) is 5.32 Å². The van der Waals surface area contributed by atoms with Crippen LogP contribution in [0.2, 0.25) is 0 Å². The molecule has 1 fully saturated rings. The van der Waals surface area contributed by atoms with E-state index in [4.69, 9.17) is 4.74 Å². The van der Waals surface area contributed by atoms with E-state index in [1.807, 2.05) is 0 Å². The van der Waals surface area contributed by atoms with Gasteiger partial charge in [-0.25, -0.2) is 4.39 Å². The molecule has 0 unspecified atom stereocenters. The highest BCUT2D eigenvalue weighted by atomic mass is 19.1. The number of aliphatic hydroxyl groups excluding tert-OH is 1. The molecule has 0 radical (unpaired) electrons. The van der Waals surface area contributed by atoms with Crippen LogP contribution in [0.1, 0.15) is 19.8 Å². The average Bonchev–Trinajstić information content (AvgIpc) is 2.68. The van der Waals surface area contributed by atoms with Crippen LogP contribution in [-0.4, -0.2) is 53.7 Å². The maximum absolute atomic E-state index is 13.4. The zero-order chi connectivity index (χ0) is 16.8. The summed E-state index contributed by atoms with van der Waals surface area (Å²) in [5, 5.41) is 12.7. The molecule has 0 spiro atoms. The lowest BCUT2D eigenvalue weighted by atomic mass is 10.1. The molecule has 6 nitrogen and oxygen atoms in total. The summed E-state index contributed by atoms with van der Waals surface area (Å²) in [4.78, 5) is 24.9. The number of hydrogen-bond acceptors (Lipinski definition) is 4. The van der Waals surface area contributed by atoms with Gasteiger partial charge in [0.15, 0.2) is 18.2 Å². The van der Waals surface area contributed by atoms with Crippen LogP contribution in [0.3, 0.4) is 0 Å². The summed E-state index contributed by atoms with van der Waals surface area (Å²) in [6.45, 7) is 1.91. The topological polar surface area (TPSA) is 78.9 Å². The van der Waals surface area contributed by atoms with Crippen LogP contribution >= 0.6 is 0 Å². The van der Waals surface area contributed by atoms with E-state index >= 15 is 0 Å². The summed E-state index contributed by atoms with van der Waals surface area (Å²) in [5.41, 5.74) is 0. The number of likely N-dealkylation sites (tertiary alicyclic amines) is 1. The maximum atomic E-state index is 13.4. The van der Waals surface area contributed by atoms with E-state index in [0.717, 1.165) is 0 Å². The van der Waals surface area contributed by atoms with Crippen molar-refractivity contribution in [3.05, 3.63) is 30.1 Å². The molecule has 126 valence electrons. The Morgan fingerprint density at radius 3 is 2.74 bits per heavy atom. The number of para-hydroxylation sites is 1. The van der Waals surface area contributed by atoms with E-state index < -0.39 is 11.9 Å². The Bertz CT molecular complexity index is 567. The number of rotatable bonds is 4. The monoisotopic (exact) mass is 324 g/mol. The van der Waals surface area contributed by atoms with Gasteiger partial charge in [0.05, 0.1) is 12.1 Å². The summed E-state index contributed by atoms with van der Waals surface area (Å²) >= 11 is 0. The number of hydrogen-bond donors (Lipinski definition) is 2. The van der Waals surface area contributed by atoms with Gasteiger partial charge in [0.25, 0.3) is 5.91 Å². The third-order valence-electron chi connectivity index (χ3n) is 3.80. The van der Waals surface area contributed by atoms with Gasteiger partial charge < -0.3 is 20.1 Å². The van der Waals surface area contributed by atoms with Gasteiger partial charge >= 0.3 is 0 Å². The van der Waals surface area contributed by atoms with Crippen LogP contribution in [0.25, 0.3) is 0 Å². The fourth-order valence-electron chi connectivity index (χ4n) is 2.56. The number of nitrogens with zero attached hydrogens (tertiary/aromatic N) is 1. The molecule has 2 atom stereocenters. The van der Waals surface area contributed by atoms with Crippen LogP contribution in [-0.2, 0) is 9.59 Å². The predicted molar refractivity (Wildman–Crippen MR) is 81.3 cm³/mol. The number of halogens is 1. The van der Waals surface area contributed by atoms with E-state index in [-0.39, 0.29) is 30.2 Å². The third kappa shape index (κ3) is 4.92. The molecule has 1 aliphatic heterocycles. The molecule has 23 heavy (non-hydrogen) atoms. The van der Waals surface area contributed by atoms with Crippen LogP contribution in [0.15, 0.2) is 24.3 Å². The average molecular weight is 324 g/mol. The molecule has 2 amide bonds. The van der Waals surface area contributed by atoms with Crippen molar-refractivity contribution in [1.82, 2.24) is 10.2 Å². The Morgan fingerprint density at radius 2 is 2.04 bits per heavy atom. The first-order chi connectivity index (χ1) is 11.0. The third-order valence-corrected chi connectivity index (χ3v) is 3.80. The molecule has 0 aromatic heterocycles. The quantitative estimate of drug-likeness (QED) is 0.854. The first-order valence-electron chi connectivity index (χ1n) is 7.57. The molecule has 2 rings (SSSR count). The first kappa shape index (κ1) is 17.2. The van der Waals surface area contributed by atoms with Gasteiger partial charge in [-0.1, -0.05) is 12.1 Å². The highest BCUT2D eigenvalue weighted by molar-refractivity contribution is 5.78. The second-order valence-corrected chi connectivity index (χ2v) is 5.55. The Labute approximate surface area is 134 Å². The van der Waals surface area contributed by atoms with E-state index in [0.29, 0.717) is 25.9 Å². The molecule has 0 aliphatic carbocycles. The Balaban J connectivity index is 1.88. The molecule has 1 heterocycles. The van der Waals surface area contributed by atoms with Gasteiger partial charge in [-0.3, -0.25) is 9.59 Å². The van der Waals surface area contributed by atoms with E-state index in [1.165, 1.54) is 19.1 Å². The maximum Gasteiger partial charge on any atom is 0.260 e. The summed E-state index contributed by atoms with van der Waals surface area (Å²) in [6, 6.07) is 5.53. The van der Waals surface area contributed by atoms with Crippen molar-refractivity contribution in [3.63, 3.8) is 0 Å². The molecule has 1 aromatic rings. The minimum atomic E-state index is -0.691. The minimum absolute atomic E-state index is 0.0341. The Kier molecular flexibility index (Phi) is 5.92. The van der Waals surface area contributed by atoms with Crippen LogP contribution < -0.4 is 10.1 Å². The standard InChI is InChI=1S/C16H21FN2O4/c1-11(20)18-13-6-8-19(9-7-14(13)21)16(22)10-23-15-5-3-2-4-12(15)17/h2-5,13-14,21H,6-10H2,1H3,(H,18,20)/t13-,14-/m0/s1. The highest BCUT2D eigenvalue weighted by Gasteiger charge is 2.27. The highest BCUT2D eigenvalue weighted by Crippen LogP contribution is 2.16. The molecular weight excluding hydrogens is 303 g/mol. The predicted octanol–water partition coefficient (Wildman–Crippen LogP) is 0.692. The summed E-state index contributed by atoms with van der Waals surface area (Å²) in [6.07, 6.45) is 0.145. The minimum Gasteiger partial charge on any atom is -0.481 e. The summed E-state index contributed by atoms with van der Waals surface area (Å²) in [5.74, 6) is -0.968. The summed E-state index contributed by atoms with van der Waals surface area (Å²) < 4.78 is 18.7. The number of amides is 2. The van der Waals surface area contributed by atoms with Gasteiger partial charge in [-0.2, -0.15) is 0 Å². The van der Waals surface area contributed by atoms with E-state index in [9.17, 15) is 19.1 Å². The second-order valence-electron chi connectivity index (χ2n) is 5.55. The number of carbonyl (C=O) groups is 2. The van der Waals surface area contributed by atoms with Crippen LogP contribution in [0, 0.1) is 5.82 Å². The number of carbonyl (C=O) groups excluding carboxylic acids is 2. The molecule has 1 saturated heterocycles.